The molecule has 2 atom stereocenters. The summed E-state index contributed by atoms with van der Waals surface area (Å²) in [4.78, 5) is 6.38. The van der Waals surface area contributed by atoms with E-state index in [-0.39, 0.29) is 6.10 Å². The van der Waals surface area contributed by atoms with Crippen molar-refractivity contribution in [2.24, 2.45) is 5.92 Å². The Morgan fingerprint density at radius 3 is 3.12 bits per heavy atom. The molecule has 0 aliphatic carbocycles. The molecular weight excluding hydrogens is 224 g/mol. The van der Waals surface area contributed by atoms with E-state index in [0.29, 0.717) is 11.1 Å². The molecule has 0 radical (unpaired) electrons. The number of nitrogens with zero attached hydrogens (tertiary/aromatic N) is 2. The largest absolute Gasteiger partial charge is 0.393 e. The van der Waals surface area contributed by atoms with E-state index >= 15 is 0 Å². The lowest BCUT2D eigenvalue weighted by Gasteiger charge is -2.17. The fraction of sp³-hybridized carbons (Fsp3) is 0.583. The normalized spacial score (nSPS) is 23.6. The molecule has 88 valence electrons. The van der Waals surface area contributed by atoms with Crippen molar-refractivity contribution in [2.75, 3.05) is 13.1 Å². The maximum atomic E-state index is 9.53. The maximum Gasteiger partial charge on any atom is 0.133 e. The predicted molar refractivity (Wildman–Crippen MR) is 64.3 cm³/mol. The molecule has 1 aliphatic rings. The van der Waals surface area contributed by atoms with Gasteiger partial charge in [0, 0.05) is 24.8 Å². The summed E-state index contributed by atoms with van der Waals surface area (Å²) >= 11 is 6.01. The zero-order chi connectivity index (χ0) is 11.5. The van der Waals surface area contributed by atoms with Crippen LogP contribution in [0.4, 0.5) is 0 Å². The van der Waals surface area contributed by atoms with Gasteiger partial charge in [-0.3, -0.25) is 4.90 Å². The number of rotatable bonds is 3. The summed E-state index contributed by atoms with van der Waals surface area (Å²) in [6.07, 6.45) is 2.55. The fourth-order valence-electron chi connectivity index (χ4n) is 2.18. The second-order valence-corrected chi connectivity index (χ2v) is 4.84. The van der Waals surface area contributed by atoms with E-state index in [9.17, 15) is 5.11 Å². The summed E-state index contributed by atoms with van der Waals surface area (Å²) < 4.78 is 0. The second-order valence-electron chi connectivity index (χ2n) is 4.48. The molecule has 0 spiro atoms. The van der Waals surface area contributed by atoms with E-state index in [1.807, 2.05) is 19.1 Å². The molecule has 4 heteroatoms. The van der Waals surface area contributed by atoms with Crippen molar-refractivity contribution in [2.45, 2.75) is 26.0 Å². The first kappa shape index (κ1) is 11.8. The van der Waals surface area contributed by atoms with Gasteiger partial charge in [-0.15, -0.1) is 0 Å². The monoisotopic (exact) mass is 240 g/mol. The Balaban J connectivity index is 1.95. The summed E-state index contributed by atoms with van der Waals surface area (Å²) in [6.45, 7) is 4.67. The zero-order valence-electron chi connectivity index (χ0n) is 9.43. The van der Waals surface area contributed by atoms with Crippen molar-refractivity contribution in [1.29, 1.82) is 0 Å². The van der Waals surface area contributed by atoms with Gasteiger partial charge in [0.15, 0.2) is 0 Å². The number of halogens is 1. The summed E-state index contributed by atoms with van der Waals surface area (Å²) in [6, 6.07) is 3.91. The predicted octanol–water partition coefficient (Wildman–Crippen LogP) is 1.94. The highest BCUT2D eigenvalue weighted by atomic mass is 35.5. The first-order valence-corrected chi connectivity index (χ1v) is 6.04. The molecule has 1 saturated heterocycles. The number of aromatic nitrogens is 1. The van der Waals surface area contributed by atoms with E-state index in [4.69, 9.17) is 11.6 Å². The van der Waals surface area contributed by atoms with E-state index in [2.05, 4.69) is 9.88 Å². The molecule has 1 aromatic heterocycles. The summed E-state index contributed by atoms with van der Waals surface area (Å²) in [5, 5.41) is 10.1. The average molecular weight is 241 g/mol. The van der Waals surface area contributed by atoms with Crippen LogP contribution in [0.5, 0.6) is 0 Å². The van der Waals surface area contributed by atoms with Crippen LogP contribution in [0.2, 0.25) is 5.15 Å². The zero-order valence-corrected chi connectivity index (χ0v) is 10.2. The first-order valence-electron chi connectivity index (χ1n) is 5.66. The minimum atomic E-state index is -0.214. The molecule has 0 amide bonds. The van der Waals surface area contributed by atoms with Crippen molar-refractivity contribution < 1.29 is 5.11 Å². The Labute approximate surface area is 101 Å². The molecule has 0 bridgehead atoms. The highest BCUT2D eigenvalue weighted by molar-refractivity contribution is 6.30. The van der Waals surface area contributed by atoms with Gasteiger partial charge in [0.05, 0.1) is 6.10 Å². The Hall–Kier alpha value is -0.640. The van der Waals surface area contributed by atoms with Crippen LogP contribution in [-0.4, -0.2) is 34.2 Å². The molecule has 1 N–H and O–H groups in total. The van der Waals surface area contributed by atoms with Crippen molar-refractivity contribution in [3.63, 3.8) is 0 Å². The van der Waals surface area contributed by atoms with Crippen LogP contribution in [0.1, 0.15) is 18.9 Å². The third-order valence-corrected chi connectivity index (χ3v) is 3.56. The van der Waals surface area contributed by atoms with Crippen molar-refractivity contribution >= 4 is 11.6 Å². The molecule has 2 rings (SSSR count). The summed E-state index contributed by atoms with van der Waals surface area (Å²) in [5.41, 5.74) is 1.07. The number of pyridine rings is 1. The third-order valence-electron chi connectivity index (χ3n) is 3.22. The third kappa shape index (κ3) is 2.73. The molecule has 2 heterocycles. The Kier molecular flexibility index (Phi) is 3.79. The fourth-order valence-corrected chi connectivity index (χ4v) is 2.36. The van der Waals surface area contributed by atoms with E-state index in [1.54, 1.807) is 6.20 Å². The summed E-state index contributed by atoms with van der Waals surface area (Å²) in [7, 11) is 0. The molecule has 0 aromatic carbocycles. The van der Waals surface area contributed by atoms with Crippen LogP contribution in [0.25, 0.3) is 0 Å². The topological polar surface area (TPSA) is 36.4 Å². The number of hydrogen-bond donors (Lipinski definition) is 1. The first-order chi connectivity index (χ1) is 7.66. The van der Waals surface area contributed by atoms with Crippen LogP contribution in [0, 0.1) is 5.92 Å². The van der Waals surface area contributed by atoms with Gasteiger partial charge in [-0.2, -0.15) is 0 Å². The van der Waals surface area contributed by atoms with Gasteiger partial charge in [-0.25, -0.2) is 4.98 Å². The van der Waals surface area contributed by atoms with Gasteiger partial charge in [0.1, 0.15) is 5.15 Å². The minimum Gasteiger partial charge on any atom is -0.393 e. The molecular formula is C12H17ClN2O. The molecule has 1 fully saturated rings. The SMILES string of the molecule is CC(O)C1CCN(Cc2cccnc2Cl)C1. The molecule has 1 aromatic rings. The van der Waals surface area contributed by atoms with Crippen molar-refractivity contribution in [1.82, 2.24) is 9.88 Å². The molecule has 2 unspecified atom stereocenters. The Morgan fingerprint density at radius 1 is 1.69 bits per heavy atom. The molecule has 0 saturated carbocycles. The highest BCUT2D eigenvalue weighted by Crippen LogP contribution is 2.23. The van der Waals surface area contributed by atoms with Gasteiger partial charge < -0.3 is 5.11 Å². The van der Waals surface area contributed by atoms with E-state index in [0.717, 1.165) is 31.6 Å². The Bertz CT molecular complexity index is 357. The lowest BCUT2D eigenvalue weighted by molar-refractivity contribution is 0.127. The lowest BCUT2D eigenvalue weighted by Crippen LogP contribution is -2.24. The van der Waals surface area contributed by atoms with Crippen LogP contribution < -0.4 is 0 Å². The van der Waals surface area contributed by atoms with Crippen molar-refractivity contribution in [3.8, 4) is 0 Å². The molecule has 1 aliphatic heterocycles. The lowest BCUT2D eigenvalue weighted by atomic mass is 10.0. The highest BCUT2D eigenvalue weighted by Gasteiger charge is 2.26. The van der Waals surface area contributed by atoms with Gasteiger partial charge in [-0.1, -0.05) is 17.7 Å². The van der Waals surface area contributed by atoms with Crippen LogP contribution in [-0.2, 0) is 6.54 Å². The number of likely N-dealkylation sites (tertiary alicyclic amines) is 1. The quantitative estimate of drug-likeness (QED) is 0.821. The maximum absolute atomic E-state index is 9.53. The van der Waals surface area contributed by atoms with Crippen LogP contribution >= 0.6 is 11.6 Å². The van der Waals surface area contributed by atoms with Gasteiger partial charge in [-0.05, 0) is 31.9 Å². The molecule has 3 nitrogen and oxygen atoms in total. The standard InChI is InChI=1S/C12H17ClN2O/c1-9(16)10-4-6-15(7-10)8-11-3-2-5-14-12(11)13/h2-3,5,9-10,16H,4,6-8H2,1H3. The van der Waals surface area contributed by atoms with Gasteiger partial charge >= 0.3 is 0 Å². The Morgan fingerprint density at radius 2 is 2.50 bits per heavy atom. The van der Waals surface area contributed by atoms with E-state index < -0.39 is 0 Å². The van der Waals surface area contributed by atoms with Crippen LogP contribution in [0.15, 0.2) is 18.3 Å². The van der Waals surface area contributed by atoms with Crippen molar-refractivity contribution in [3.05, 3.63) is 29.0 Å². The number of hydrogen-bond acceptors (Lipinski definition) is 3. The number of aliphatic hydroxyl groups is 1. The van der Waals surface area contributed by atoms with Gasteiger partial charge in [0.25, 0.3) is 0 Å². The number of aliphatic hydroxyl groups excluding tert-OH is 1. The average Bonchev–Trinajstić information content (AvgIpc) is 2.70. The molecule has 16 heavy (non-hydrogen) atoms. The van der Waals surface area contributed by atoms with Crippen LogP contribution in [0.3, 0.4) is 0 Å². The van der Waals surface area contributed by atoms with E-state index in [1.165, 1.54) is 0 Å². The summed E-state index contributed by atoms with van der Waals surface area (Å²) in [5.74, 6) is 0.399. The minimum absolute atomic E-state index is 0.214. The smallest absolute Gasteiger partial charge is 0.133 e. The second kappa shape index (κ2) is 5.13. The van der Waals surface area contributed by atoms with Gasteiger partial charge in [0.2, 0.25) is 0 Å².